The fourth-order valence-corrected chi connectivity index (χ4v) is 2.55. The van der Waals surface area contributed by atoms with Gasteiger partial charge in [-0.25, -0.2) is 0 Å². The van der Waals surface area contributed by atoms with E-state index in [4.69, 9.17) is 4.42 Å². The standard InChI is InChI=1S/C16H16N2O3/c1-11(19)18-7-6-12-9-13(4-5-15(12)18)16(20)17-10-14-3-2-8-21-14/h2-5,8-9H,6-7,10H2,1H3,(H,17,20). The van der Waals surface area contributed by atoms with Gasteiger partial charge >= 0.3 is 0 Å². The minimum absolute atomic E-state index is 0.0313. The first-order valence-corrected chi connectivity index (χ1v) is 6.87. The SMILES string of the molecule is CC(=O)N1CCc2cc(C(=O)NCc3ccco3)ccc21. The van der Waals surface area contributed by atoms with Crippen molar-refractivity contribution in [2.75, 3.05) is 11.4 Å². The van der Waals surface area contributed by atoms with E-state index >= 15 is 0 Å². The van der Waals surface area contributed by atoms with E-state index < -0.39 is 0 Å². The number of hydrogen-bond donors (Lipinski definition) is 1. The van der Waals surface area contributed by atoms with Crippen LogP contribution in [-0.4, -0.2) is 18.4 Å². The second-order valence-corrected chi connectivity index (χ2v) is 5.03. The minimum Gasteiger partial charge on any atom is -0.467 e. The van der Waals surface area contributed by atoms with Crippen molar-refractivity contribution in [2.45, 2.75) is 19.9 Å². The monoisotopic (exact) mass is 284 g/mol. The van der Waals surface area contributed by atoms with Crippen molar-refractivity contribution < 1.29 is 14.0 Å². The molecule has 3 rings (SSSR count). The Morgan fingerprint density at radius 2 is 2.19 bits per heavy atom. The summed E-state index contributed by atoms with van der Waals surface area (Å²) in [7, 11) is 0. The predicted octanol–water partition coefficient (Wildman–Crippen LogP) is 2.12. The topological polar surface area (TPSA) is 62.6 Å². The molecule has 0 saturated carbocycles. The number of benzene rings is 1. The highest BCUT2D eigenvalue weighted by atomic mass is 16.3. The van der Waals surface area contributed by atoms with Crippen molar-refractivity contribution in [1.82, 2.24) is 5.32 Å². The number of fused-ring (bicyclic) bond motifs is 1. The molecule has 1 aromatic carbocycles. The Balaban J connectivity index is 1.72. The third kappa shape index (κ3) is 2.67. The smallest absolute Gasteiger partial charge is 0.251 e. The average Bonchev–Trinajstić information content (AvgIpc) is 3.13. The lowest BCUT2D eigenvalue weighted by Gasteiger charge is -2.14. The maximum atomic E-state index is 12.1. The Hall–Kier alpha value is -2.56. The zero-order valence-electron chi connectivity index (χ0n) is 11.8. The molecule has 0 atom stereocenters. The Morgan fingerprint density at radius 1 is 1.33 bits per heavy atom. The fraction of sp³-hybridized carbons (Fsp3) is 0.250. The summed E-state index contributed by atoms with van der Waals surface area (Å²) in [5.74, 6) is 0.603. The summed E-state index contributed by atoms with van der Waals surface area (Å²) in [6.45, 7) is 2.60. The molecule has 0 radical (unpaired) electrons. The van der Waals surface area contributed by atoms with Crippen LogP contribution in [0.3, 0.4) is 0 Å². The molecule has 1 N–H and O–H groups in total. The minimum atomic E-state index is -0.143. The zero-order valence-corrected chi connectivity index (χ0v) is 11.8. The summed E-state index contributed by atoms with van der Waals surface area (Å²) in [6.07, 6.45) is 2.36. The van der Waals surface area contributed by atoms with Gasteiger partial charge in [0.15, 0.2) is 0 Å². The Labute approximate surface area is 122 Å². The number of anilines is 1. The van der Waals surface area contributed by atoms with Crippen LogP contribution < -0.4 is 10.2 Å². The van der Waals surface area contributed by atoms with Gasteiger partial charge in [-0.1, -0.05) is 0 Å². The van der Waals surface area contributed by atoms with E-state index in [0.717, 1.165) is 17.7 Å². The van der Waals surface area contributed by atoms with Crippen molar-refractivity contribution in [2.24, 2.45) is 0 Å². The van der Waals surface area contributed by atoms with Gasteiger partial charge in [-0.3, -0.25) is 9.59 Å². The molecule has 2 amide bonds. The molecule has 0 aliphatic carbocycles. The summed E-state index contributed by atoms with van der Waals surface area (Å²) in [5.41, 5.74) is 2.55. The molecule has 2 heterocycles. The van der Waals surface area contributed by atoms with Crippen molar-refractivity contribution in [1.29, 1.82) is 0 Å². The van der Waals surface area contributed by atoms with Crippen LogP contribution in [0.25, 0.3) is 0 Å². The summed E-state index contributed by atoms with van der Waals surface area (Å²) in [5, 5.41) is 2.81. The molecule has 1 aliphatic rings. The Morgan fingerprint density at radius 3 is 2.90 bits per heavy atom. The highest BCUT2D eigenvalue weighted by Crippen LogP contribution is 2.28. The molecule has 1 aromatic heterocycles. The number of nitrogens with one attached hydrogen (secondary N) is 1. The normalized spacial score (nSPS) is 13.1. The molecule has 0 saturated heterocycles. The van der Waals surface area contributed by atoms with Gasteiger partial charge in [-0.15, -0.1) is 0 Å². The third-order valence-electron chi connectivity index (χ3n) is 3.62. The lowest BCUT2D eigenvalue weighted by molar-refractivity contribution is -0.116. The van der Waals surface area contributed by atoms with Crippen LogP contribution in [0.5, 0.6) is 0 Å². The van der Waals surface area contributed by atoms with E-state index in [1.807, 2.05) is 18.2 Å². The summed E-state index contributed by atoms with van der Waals surface area (Å²) < 4.78 is 5.18. The lowest BCUT2D eigenvalue weighted by atomic mass is 10.1. The van der Waals surface area contributed by atoms with E-state index in [0.29, 0.717) is 24.4 Å². The van der Waals surface area contributed by atoms with Gasteiger partial charge in [0.05, 0.1) is 12.8 Å². The van der Waals surface area contributed by atoms with Crippen LogP contribution in [0, 0.1) is 0 Å². The summed E-state index contributed by atoms with van der Waals surface area (Å²) in [4.78, 5) is 25.4. The molecule has 0 bridgehead atoms. The molecule has 108 valence electrons. The number of amides is 2. The highest BCUT2D eigenvalue weighted by molar-refractivity contribution is 5.97. The lowest BCUT2D eigenvalue weighted by Crippen LogP contribution is -2.25. The average molecular weight is 284 g/mol. The molecule has 2 aromatic rings. The van der Waals surface area contributed by atoms with Crippen LogP contribution >= 0.6 is 0 Å². The number of furan rings is 1. The zero-order chi connectivity index (χ0) is 14.8. The maximum absolute atomic E-state index is 12.1. The van der Waals surface area contributed by atoms with Crippen LogP contribution in [0.1, 0.15) is 28.6 Å². The number of rotatable bonds is 3. The van der Waals surface area contributed by atoms with Gasteiger partial charge < -0.3 is 14.6 Å². The summed E-state index contributed by atoms with van der Waals surface area (Å²) in [6, 6.07) is 9.04. The maximum Gasteiger partial charge on any atom is 0.251 e. The molecular weight excluding hydrogens is 268 g/mol. The van der Waals surface area contributed by atoms with Crippen molar-refractivity contribution in [3.8, 4) is 0 Å². The Kier molecular flexibility index (Phi) is 3.48. The van der Waals surface area contributed by atoms with Crippen LogP contribution in [0.15, 0.2) is 41.0 Å². The van der Waals surface area contributed by atoms with E-state index in [-0.39, 0.29) is 11.8 Å². The summed E-state index contributed by atoms with van der Waals surface area (Å²) >= 11 is 0. The third-order valence-corrected chi connectivity index (χ3v) is 3.62. The molecule has 0 spiro atoms. The predicted molar refractivity (Wildman–Crippen MR) is 78.1 cm³/mol. The first-order chi connectivity index (χ1) is 10.1. The van der Waals surface area contributed by atoms with Gasteiger partial charge in [-0.2, -0.15) is 0 Å². The molecule has 0 unspecified atom stereocenters. The van der Waals surface area contributed by atoms with Gasteiger partial charge in [0.1, 0.15) is 5.76 Å². The Bertz CT molecular complexity index is 677. The number of nitrogens with zero attached hydrogens (tertiary/aromatic N) is 1. The van der Waals surface area contributed by atoms with E-state index in [1.165, 1.54) is 0 Å². The number of hydrogen-bond acceptors (Lipinski definition) is 3. The fourth-order valence-electron chi connectivity index (χ4n) is 2.55. The second kappa shape index (κ2) is 5.44. The molecule has 5 nitrogen and oxygen atoms in total. The highest BCUT2D eigenvalue weighted by Gasteiger charge is 2.23. The van der Waals surface area contributed by atoms with Crippen molar-refractivity contribution >= 4 is 17.5 Å². The van der Waals surface area contributed by atoms with Crippen LogP contribution in [0.2, 0.25) is 0 Å². The molecule has 5 heteroatoms. The van der Waals surface area contributed by atoms with Gasteiger partial charge in [0.2, 0.25) is 5.91 Å². The quantitative estimate of drug-likeness (QED) is 0.939. The first-order valence-electron chi connectivity index (χ1n) is 6.87. The number of carbonyl (C=O) groups excluding carboxylic acids is 2. The van der Waals surface area contributed by atoms with Crippen molar-refractivity contribution in [3.63, 3.8) is 0 Å². The molecule has 0 fully saturated rings. The van der Waals surface area contributed by atoms with Gasteiger partial charge in [0, 0.05) is 24.7 Å². The largest absolute Gasteiger partial charge is 0.467 e. The first kappa shape index (κ1) is 13.4. The van der Waals surface area contributed by atoms with E-state index in [1.54, 1.807) is 30.2 Å². The number of carbonyl (C=O) groups is 2. The van der Waals surface area contributed by atoms with Crippen LogP contribution in [-0.2, 0) is 17.8 Å². The second-order valence-electron chi connectivity index (χ2n) is 5.03. The molecule has 21 heavy (non-hydrogen) atoms. The van der Waals surface area contributed by atoms with E-state index in [2.05, 4.69) is 5.32 Å². The molecule has 1 aliphatic heterocycles. The van der Waals surface area contributed by atoms with Crippen molar-refractivity contribution in [3.05, 3.63) is 53.5 Å². The van der Waals surface area contributed by atoms with Gasteiger partial charge in [0.25, 0.3) is 5.91 Å². The van der Waals surface area contributed by atoms with E-state index in [9.17, 15) is 9.59 Å². The van der Waals surface area contributed by atoms with Crippen LogP contribution in [0.4, 0.5) is 5.69 Å². The molecular formula is C16H16N2O3. The van der Waals surface area contributed by atoms with Gasteiger partial charge in [-0.05, 0) is 42.3 Å².